The Kier molecular flexibility index (Phi) is 8.90. The third kappa shape index (κ3) is 7.35. The van der Waals surface area contributed by atoms with Gasteiger partial charge in [-0.2, -0.15) is 0 Å². The fourth-order valence-electron chi connectivity index (χ4n) is 5.21. The molecule has 2 aromatic carbocycles. The quantitative estimate of drug-likeness (QED) is 0.338. The van der Waals surface area contributed by atoms with Crippen molar-refractivity contribution in [3.63, 3.8) is 0 Å². The number of carboxylic acids is 1. The number of halogens is 1. The number of carbonyl (C=O) groups is 1. The van der Waals surface area contributed by atoms with Crippen LogP contribution >= 0.6 is 0 Å². The van der Waals surface area contributed by atoms with Gasteiger partial charge in [-0.25, -0.2) is 4.39 Å². The van der Waals surface area contributed by atoms with E-state index in [0.29, 0.717) is 19.6 Å². The minimum absolute atomic E-state index is 0.0616. The molecule has 0 amide bonds. The summed E-state index contributed by atoms with van der Waals surface area (Å²) in [7, 11) is 4.04. The number of benzene rings is 2. The number of anilines is 1. The average Bonchev–Trinajstić information content (AvgIpc) is 2.87. The summed E-state index contributed by atoms with van der Waals surface area (Å²) in [5, 5.41) is 9.80. The molecule has 2 heterocycles. The van der Waals surface area contributed by atoms with Crippen LogP contribution in [0.3, 0.4) is 0 Å². The lowest BCUT2D eigenvalue weighted by atomic mass is 9.82. The van der Waals surface area contributed by atoms with Crippen LogP contribution in [0.1, 0.15) is 49.2 Å². The highest BCUT2D eigenvalue weighted by molar-refractivity contribution is 5.86. The van der Waals surface area contributed by atoms with E-state index in [2.05, 4.69) is 23.6 Å². The van der Waals surface area contributed by atoms with Crippen molar-refractivity contribution < 1.29 is 19.0 Å². The molecule has 1 aromatic heterocycles. The number of hydrogen-bond acceptors (Lipinski definition) is 5. The lowest BCUT2D eigenvalue weighted by molar-refractivity contribution is -0.136. The van der Waals surface area contributed by atoms with Crippen LogP contribution in [0, 0.1) is 18.2 Å². The molecular formula is C32H40FN3O3. The molecule has 4 rings (SSSR count). The minimum atomic E-state index is -0.852. The predicted octanol–water partition coefficient (Wildman–Crippen LogP) is 6.13. The average molecular weight is 534 g/mol. The van der Waals surface area contributed by atoms with Crippen molar-refractivity contribution in [3.8, 4) is 16.9 Å². The lowest BCUT2D eigenvalue weighted by Gasteiger charge is -2.40. The van der Waals surface area contributed by atoms with Crippen LogP contribution in [-0.2, 0) is 24.2 Å². The van der Waals surface area contributed by atoms with Crippen molar-refractivity contribution in [2.24, 2.45) is 5.41 Å². The van der Waals surface area contributed by atoms with E-state index in [1.165, 1.54) is 12.1 Å². The molecule has 0 atom stereocenters. The van der Waals surface area contributed by atoms with Gasteiger partial charge >= 0.3 is 5.97 Å². The van der Waals surface area contributed by atoms with Gasteiger partial charge in [0.15, 0.2) is 0 Å². The van der Waals surface area contributed by atoms with Crippen molar-refractivity contribution in [1.29, 1.82) is 0 Å². The highest BCUT2D eigenvalue weighted by Gasteiger charge is 2.30. The molecule has 1 fully saturated rings. The molecule has 0 radical (unpaired) electrons. The third-order valence-corrected chi connectivity index (χ3v) is 7.49. The monoisotopic (exact) mass is 533 g/mol. The minimum Gasteiger partial charge on any atom is -0.493 e. The van der Waals surface area contributed by atoms with E-state index in [1.54, 1.807) is 12.1 Å². The van der Waals surface area contributed by atoms with Gasteiger partial charge in [0.25, 0.3) is 0 Å². The molecule has 1 aliphatic heterocycles. The molecule has 0 bridgehead atoms. The number of piperidine rings is 1. The Morgan fingerprint density at radius 2 is 1.72 bits per heavy atom. The number of nitrogens with zero attached hydrogens (tertiary/aromatic N) is 3. The van der Waals surface area contributed by atoms with Gasteiger partial charge in [-0.05, 0) is 74.7 Å². The van der Waals surface area contributed by atoms with Crippen molar-refractivity contribution in [3.05, 3.63) is 76.9 Å². The van der Waals surface area contributed by atoms with Crippen LogP contribution in [-0.4, -0.2) is 54.8 Å². The number of aromatic nitrogens is 1. The summed E-state index contributed by atoms with van der Waals surface area (Å²) < 4.78 is 19.2. The van der Waals surface area contributed by atoms with E-state index in [9.17, 15) is 14.3 Å². The summed E-state index contributed by atoms with van der Waals surface area (Å²) in [6.45, 7) is 9.41. The summed E-state index contributed by atoms with van der Waals surface area (Å²) in [5.74, 6) is -0.342. The summed E-state index contributed by atoms with van der Waals surface area (Å²) >= 11 is 0. The maximum atomic E-state index is 13.2. The van der Waals surface area contributed by atoms with Gasteiger partial charge in [0, 0.05) is 42.9 Å². The van der Waals surface area contributed by atoms with Crippen LogP contribution in [0.2, 0.25) is 0 Å². The van der Waals surface area contributed by atoms with Gasteiger partial charge in [-0.15, -0.1) is 0 Å². The highest BCUT2D eigenvalue weighted by Crippen LogP contribution is 2.42. The van der Waals surface area contributed by atoms with Crippen molar-refractivity contribution in [1.82, 2.24) is 9.88 Å². The smallest absolute Gasteiger partial charge is 0.307 e. The van der Waals surface area contributed by atoms with Gasteiger partial charge in [0.05, 0.1) is 24.4 Å². The van der Waals surface area contributed by atoms with E-state index in [4.69, 9.17) is 9.72 Å². The number of rotatable bonds is 10. The zero-order valence-electron chi connectivity index (χ0n) is 23.8. The first kappa shape index (κ1) is 28.6. The number of aryl methyl sites for hydroxylation is 1. The maximum absolute atomic E-state index is 13.2. The molecule has 0 spiro atoms. The molecular weight excluding hydrogens is 493 g/mol. The fraction of sp³-hybridized carbons (Fsp3) is 0.438. The molecule has 0 unspecified atom stereocenters. The zero-order valence-corrected chi connectivity index (χ0v) is 23.8. The lowest BCUT2D eigenvalue weighted by Crippen LogP contribution is -2.38. The van der Waals surface area contributed by atoms with Crippen molar-refractivity contribution >= 4 is 11.7 Å². The molecule has 1 N–H and O–H groups in total. The van der Waals surface area contributed by atoms with E-state index >= 15 is 0 Å². The fourth-order valence-corrected chi connectivity index (χ4v) is 5.21. The molecule has 3 aromatic rings. The van der Waals surface area contributed by atoms with Crippen LogP contribution in [0.5, 0.6) is 5.75 Å². The Morgan fingerprint density at radius 3 is 2.31 bits per heavy atom. The second kappa shape index (κ2) is 12.2. The molecule has 208 valence electrons. The van der Waals surface area contributed by atoms with Gasteiger partial charge in [-0.1, -0.05) is 38.1 Å². The first-order valence-corrected chi connectivity index (χ1v) is 13.6. The van der Waals surface area contributed by atoms with Crippen molar-refractivity contribution in [2.45, 2.75) is 53.0 Å². The van der Waals surface area contributed by atoms with Crippen molar-refractivity contribution in [2.75, 3.05) is 38.7 Å². The summed E-state index contributed by atoms with van der Waals surface area (Å²) in [5.41, 5.74) is 6.80. The van der Waals surface area contributed by atoms with Gasteiger partial charge in [0.1, 0.15) is 11.6 Å². The largest absolute Gasteiger partial charge is 0.493 e. The summed E-state index contributed by atoms with van der Waals surface area (Å²) in [6, 6.07) is 14.5. The van der Waals surface area contributed by atoms with Crippen LogP contribution in [0.4, 0.5) is 10.1 Å². The predicted molar refractivity (Wildman–Crippen MR) is 154 cm³/mol. The summed E-state index contributed by atoms with van der Waals surface area (Å²) in [4.78, 5) is 21.4. The second-order valence-electron chi connectivity index (χ2n) is 11.6. The second-order valence-corrected chi connectivity index (χ2v) is 11.6. The molecule has 39 heavy (non-hydrogen) atoms. The molecule has 1 saturated heterocycles. The Labute approximate surface area is 231 Å². The van der Waals surface area contributed by atoms with Gasteiger partial charge in [0.2, 0.25) is 0 Å². The topological polar surface area (TPSA) is 65.9 Å². The number of hydrogen-bond donors (Lipinski definition) is 1. The van der Waals surface area contributed by atoms with Gasteiger partial charge in [-0.3, -0.25) is 9.78 Å². The SMILES string of the molecule is Cc1nc(CN(C)C)c(-c2ccc(OCCc3ccc(F)cc3)cc2)c(N2CCC(C)(C)CC2)c1CC(=O)O. The molecule has 6 nitrogen and oxygen atoms in total. The zero-order chi connectivity index (χ0) is 28.2. The van der Waals surface area contributed by atoms with Gasteiger partial charge < -0.3 is 19.6 Å². The normalized spacial score (nSPS) is 15.0. The molecule has 7 heteroatoms. The number of pyridine rings is 1. The standard InChI is InChI=1S/C32H40FN3O3/c1-22-27(20-29(37)38)31(36-17-15-32(2,3)16-18-36)30(28(34-22)21-35(4)5)24-8-12-26(13-9-24)39-19-14-23-6-10-25(33)11-7-23/h6-13H,14-21H2,1-5H3,(H,37,38). The van der Waals surface area contributed by atoms with E-state index in [-0.39, 0.29) is 17.7 Å². The van der Waals surface area contributed by atoms with Crippen LogP contribution in [0.25, 0.3) is 11.1 Å². The Bertz CT molecular complexity index is 1280. The van der Waals surface area contributed by atoms with E-state index in [0.717, 1.165) is 71.0 Å². The highest BCUT2D eigenvalue weighted by atomic mass is 19.1. The molecule has 1 aliphatic rings. The number of aliphatic carboxylic acids is 1. The Balaban J connectivity index is 1.69. The van der Waals surface area contributed by atoms with E-state index < -0.39 is 5.97 Å². The Hall–Kier alpha value is -3.45. The maximum Gasteiger partial charge on any atom is 0.307 e. The molecule has 0 aliphatic carbocycles. The number of ether oxygens (including phenoxy) is 1. The first-order chi connectivity index (χ1) is 18.5. The molecule has 0 saturated carbocycles. The summed E-state index contributed by atoms with van der Waals surface area (Å²) in [6.07, 6.45) is 2.72. The number of carboxylic acid groups (broad SMARTS) is 1. The Morgan fingerprint density at radius 1 is 1.08 bits per heavy atom. The third-order valence-electron chi connectivity index (χ3n) is 7.49. The van der Waals surface area contributed by atoms with E-state index in [1.807, 2.05) is 45.3 Å². The van der Waals surface area contributed by atoms with Crippen LogP contribution in [0.15, 0.2) is 48.5 Å². The first-order valence-electron chi connectivity index (χ1n) is 13.6. The van der Waals surface area contributed by atoms with Crippen LogP contribution < -0.4 is 9.64 Å².